The predicted octanol–water partition coefficient (Wildman–Crippen LogP) is 4.94. The number of amides is 1. The van der Waals surface area contributed by atoms with Gasteiger partial charge in [0.15, 0.2) is 0 Å². The average Bonchev–Trinajstić information content (AvgIpc) is 3.20. The summed E-state index contributed by atoms with van der Waals surface area (Å²) in [5.41, 5.74) is 4.48. The number of thioether (sulfide) groups is 1. The van der Waals surface area contributed by atoms with Crippen molar-refractivity contribution in [3.63, 3.8) is 0 Å². The zero-order valence-electron chi connectivity index (χ0n) is 14.6. The second-order valence-electron chi connectivity index (χ2n) is 5.70. The Bertz CT molecular complexity index is 866. The van der Waals surface area contributed by atoms with Crippen molar-refractivity contribution in [3.8, 4) is 5.75 Å². The van der Waals surface area contributed by atoms with Crippen molar-refractivity contribution < 1.29 is 9.53 Å². The Morgan fingerprint density at radius 2 is 2.00 bits per heavy atom. The van der Waals surface area contributed by atoms with E-state index in [2.05, 4.69) is 10.3 Å². The number of nitrogens with one attached hydrogen (secondary N) is 1. The van der Waals surface area contributed by atoms with Crippen LogP contribution in [0.2, 0.25) is 0 Å². The predicted molar refractivity (Wildman–Crippen MR) is 107 cm³/mol. The fraction of sp³-hybridized carbons (Fsp3) is 0.200. The molecule has 0 aliphatic heterocycles. The third-order valence-electron chi connectivity index (χ3n) is 3.94. The minimum Gasteiger partial charge on any atom is -0.496 e. The Hall–Kier alpha value is -2.31. The Morgan fingerprint density at radius 1 is 1.23 bits per heavy atom. The van der Waals surface area contributed by atoms with E-state index in [9.17, 15) is 4.79 Å². The summed E-state index contributed by atoms with van der Waals surface area (Å²) in [6.45, 7) is 1.96. The lowest BCUT2D eigenvalue weighted by Gasteiger charge is -2.18. The molecular weight excluding hydrogens is 364 g/mol. The maximum absolute atomic E-state index is 12.8. The van der Waals surface area contributed by atoms with Crippen LogP contribution in [0.1, 0.15) is 34.6 Å². The molecule has 0 spiro atoms. The van der Waals surface area contributed by atoms with Gasteiger partial charge in [0.2, 0.25) is 0 Å². The first-order valence-electron chi connectivity index (χ1n) is 8.21. The number of carbonyl (C=O) groups is 1. The molecule has 1 heterocycles. The number of carbonyl (C=O) groups excluding carboxylic acids is 1. The molecule has 0 saturated carbocycles. The molecule has 0 aliphatic carbocycles. The van der Waals surface area contributed by atoms with Crippen molar-refractivity contribution in [3.05, 3.63) is 76.2 Å². The van der Waals surface area contributed by atoms with E-state index in [1.807, 2.05) is 66.3 Å². The SMILES string of the molecule is COc1ccccc1C(C)NC(=O)c1ccccc1SCc1cscn1. The van der Waals surface area contributed by atoms with Crippen LogP contribution in [0.5, 0.6) is 5.75 Å². The molecule has 3 rings (SSSR count). The summed E-state index contributed by atoms with van der Waals surface area (Å²) in [5, 5.41) is 5.10. The fourth-order valence-corrected chi connectivity index (χ4v) is 4.23. The molecule has 4 nitrogen and oxygen atoms in total. The van der Waals surface area contributed by atoms with Gasteiger partial charge in [-0.3, -0.25) is 4.79 Å². The smallest absolute Gasteiger partial charge is 0.252 e. The second kappa shape index (κ2) is 8.87. The summed E-state index contributed by atoms with van der Waals surface area (Å²) >= 11 is 3.20. The van der Waals surface area contributed by atoms with Gasteiger partial charge in [0.1, 0.15) is 5.75 Å². The van der Waals surface area contributed by atoms with Crippen LogP contribution in [-0.4, -0.2) is 18.0 Å². The van der Waals surface area contributed by atoms with E-state index in [1.165, 1.54) is 0 Å². The average molecular weight is 385 g/mol. The molecule has 0 saturated heterocycles. The highest BCUT2D eigenvalue weighted by atomic mass is 32.2. The number of benzene rings is 2. The highest BCUT2D eigenvalue weighted by Crippen LogP contribution is 2.28. The van der Waals surface area contributed by atoms with Gasteiger partial charge >= 0.3 is 0 Å². The summed E-state index contributed by atoms with van der Waals surface area (Å²) < 4.78 is 5.40. The van der Waals surface area contributed by atoms with E-state index in [1.54, 1.807) is 30.2 Å². The number of rotatable bonds is 7. The summed E-state index contributed by atoms with van der Waals surface area (Å²) in [6.07, 6.45) is 0. The van der Waals surface area contributed by atoms with Gasteiger partial charge in [-0.15, -0.1) is 23.1 Å². The van der Waals surface area contributed by atoms with Crippen LogP contribution in [-0.2, 0) is 5.75 Å². The Morgan fingerprint density at radius 3 is 2.77 bits per heavy atom. The highest BCUT2D eigenvalue weighted by molar-refractivity contribution is 7.98. The van der Waals surface area contributed by atoms with Crippen LogP contribution in [0.15, 0.2) is 64.3 Å². The molecule has 1 amide bonds. The number of aromatic nitrogens is 1. The zero-order chi connectivity index (χ0) is 18.4. The molecule has 0 radical (unpaired) electrons. The first kappa shape index (κ1) is 18.5. The third-order valence-corrected chi connectivity index (χ3v) is 5.69. The van der Waals surface area contributed by atoms with Crippen molar-refractivity contribution in [2.45, 2.75) is 23.6 Å². The lowest BCUT2D eigenvalue weighted by molar-refractivity contribution is 0.0936. The molecule has 0 aliphatic rings. The van der Waals surface area contributed by atoms with Gasteiger partial charge < -0.3 is 10.1 Å². The van der Waals surface area contributed by atoms with Crippen molar-refractivity contribution >= 4 is 29.0 Å². The molecule has 3 aromatic rings. The van der Waals surface area contributed by atoms with Crippen LogP contribution in [0, 0.1) is 0 Å². The molecule has 134 valence electrons. The molecular formula is C20H20N2O2S2. The maximum atomic E-state index is 12.8. The van der Waals surface area contributed by atoms with E-state index < -0.39 is 0 Å². The molecule has 1 unspecified atom stereocenters. The molecule has 2 aromatic carbocycles. The minimum absolute atomic E-state index is 0.0928. The molecule has 1 N–H and O–H groups in total. The van der Waals surface area contributed by atoms with Gasteiger partial charge in [-0.2, -0.15) is 0 Å². The van der Waals surface area contributed by atoms with Crippen LogP contribution in [0.4, 0.5) is 0 Å². The van der Waals surface area contributed by atoms with Crippen LogP contribution in [0.3, 0.4) is 0 Å². The van der Waals surface area contributed by atoms with Crippen molar-refractivity contribution in [1.29, 1.82) is 0 Å². The van der Waals surface area contributed by atoms with Crippen LogP contribution in [0.25, 0.3) is 0 Å². The number of thiazole rings is 1. The number of nitrogens with zero attached hydrogens (tertiary/aromatic N) is 1. The topological polar surface area (TPSA) is 51.2 Å². The Kier molecular flexibility index (Phi) is 6.30. The number of hydrogen-bond donors (Lipinski definition) is 1. The molecule has 0 bridgehead atoms. The van der Waals surface area contributed by atoms with E-state index in [-0.39, 0.29) is 11.9 Å². The van der Waals surface area contributed by atoms with Gasteiger partial charge in [-0.25, -0.2) is 4.98 Å². The third kappa shape index (κ3) is 4.45. The van der Waals surface area contributed by atoms with Gasteiger partial charge in [0.05, 0.1) is 29.9 Å². The number of para-hydroxylation sites is 1. The van der Waals surface area contributed by atoms with Gasteiger partial charge in [0, 0.05) is 21.6 Å². The van der Waals surface area contributed by atoms with Crippen molar-refractivity contribution in [1.82, 2.24) is 10.3 Å². The van der Waals surface area contributed by atoms with Gasteiger partial charge in [-0.05, 0) is 25.1 Å². The molecule has 6 heteroatoms. The van der Waals surface area contributed by atoms with E-state index in [0.717, 1.165) is 27.7 Å². The summed E-state index contributed by atoms with van der Waals surface area (Å²) in [5.74, 6) is 1.42. The molecule has 26 heavy (non-hydrogen) atoms. The van der Waals surface area contributed by atoms with Gasteiger partial charge in [-0.1, -0.05) is 30.3 Å². The molecule has 1 aromatic heterocycles. The number of hydrogen-bond acceptors (Lipinski definition) is 5. The Balaban J connectivity index is 1.73. The summed E-state index contributed by atoms with van der Waals surface area (Å²) in [7, 11) is 1.64. The van der Waals surface area contributed by atoms with Crippen LogP contribution >= 0.6 is 23.1 Å². The quantitative estimate of drug-likeness (QED) is 0.587. The summed E-state index contributed by atoms with van der Waals surface area (Å²) in [6, 6.07) is 15.2. The minimum atomic E-state index is -0.157. The second-order valence-corrected chi connectivity index (χ2v) is 7.44. The van der Waals surface area contributed by atoms with E-state index in [0.29, 0.717) is 5.56 Å². The standard InChI is InChI=1S/C20H20N2O2S2/c1-14(16-7-3-5-9-18(16)24-2)22-20(23)17-8-4-6-10-19(17)26-12-15-11-25-13-21-15/h3-11,13-14H,12H2,1-2H3,(H,22,23). The Labute approximate surface area is 161 Å². The first-order valence-corrected chi connectivity index (χ1v) is 10.1. The lowest BCUT2D eigenvalue weighted by atomic mass is 10.1. The largest absolute Gasteiger partial charge is 0.496 e. The lowest BCUT2D eigenvalue weighted by Crippen LogP contribution is -2.27. The fourth-order valence-electron chi connectivity index (χ4n) is 2.62. The number of ether oxygens (including phenoxy) is 1. The van der Waals surface area contributed by atoms with Crippen molar-refractivity contribution in [2.24, 2.45) is 0 Å². The normalized spacial score (nSPS) is 11.8. The first-order chi connectivity index (χ1) is 12.7. The van der Waals surface area contributed by atoms with E-state index in [4.69, 9.17) is 4.74 Å². The number of methoxy groups -OCH3 is 1. The highest BCUT2D eigenvalue weighted by Gasteiger charge is 2.17. The van der Waals surface area contributed by atoms with E-state index >= 15 is 0 Å². The molecule has 0 fully saturated rings. The zero-order valence-corrected chi connectivity index (χ0v) is 16.3. The monoisotopic (exact) mass is 384 g/mol. The van der Waals surface area contributed by atoms with Crippen molar-refractivity contribution in [2.75, 3.05) is 7.11 Å². The molecule has 1 atom stereocenters. The maximum Gasteiger partial charge on any atom is 0.252 e. The van der Waals surface area contributed by atoms with Gasteiger partial charge in [0.25, 0.3) is 5.91 Å². The summed E-state index contributed by atoms with van der Waals surface area (Å²) in [4.78, 5) is 18.1. The van der Waals surface area contributed by atoms with Crippen LogP contribution < -0.4 is 10.1 Å².